The average molecular weight is 374 g/mol. The Morgan fingerprint density at radius 2 is 2.04 bits per heavy atom. The smallest absolute Gasteiger partial charge is 0.219 e. The van der Waals surface area contributed by atoms with Gasteiger partial charge < -0.3 is 4.90 Å². The summed E-state index contributed by atoms with van der Waals surface area (Å²) in [6.45, 7) is 4.98. The van der Waals surface area contributed by atoms with E-state index in [-0.39, 0.29) is 11.9 Å². The van der Waals surface area contributed by atoms with E-state index >= 15 is 0 Å². The van der Waals surface area contributed by atoms with Gasteiger partial charge in [-0.1, -0.05) is 11.6 Å². The fourth-order valence-corrected chi connectivity index (χ4v) is 3.67. The van der Waals surface area contributed by atoms with Crippen molar-refractivity contribution in [3.63, 3.8) is 0 Å². The molecule has 0 aromatic carbocycles. The first-order valence-corrected chi connectivity index (χ1v) is 9.33. The summed E-state index contributed by atoms with van der Waals surface area (Å²) in [6.07, 6.45) is 11.6. The lowest BCUT2D eigenvalue weighted by Crippen LogP contribution is -2.39. The number of nitrogens with zero attached hydrogens (tertiary/aromatic N) is 5. The van der Waals surface area contributed by atoms with Crippen LogP contribution in [0.4, 0.5) is 0 Å². The van der Waals surface area contributed by atoms with E-state index in [0.717, 1.165) is 50.0 Å². The third kappa shape index (κ3) is 4.99. The number of amides is 1. The Hall–Kier alpha value is -2.05. The Balaban J connectivity index is 1.62. The van der Waals surface area contributed by atoms with Gasteiger partial charge in [0.2, 0.25) is 5.91 Å². The van der Waals surface area contributed by atoms with Crippen molar-refractivity contribution in [2.75, 3.05) is 13.1 Å². The van der Waals surface area contributed by atoms with Crippen molar-refractivity contribution in [3.05, 3.63) is 53.3 Å². The molecule has 1 atom stereocenters. The molecule has 6 nitrogen and oxygen atoms in total. The zero-order valence-corrected chi connectivity index (χ0v) is 15.8. The van der Waals surface area contributed by atoms with Gasteiger partial charge in [-0.2, -0.15) is 0 Å². The molecule has 0 saturated carbocycles. The SMILES string of the molecule is CC(=O)N(Cc1cncnc1)[C@@H]1CCCN(Cc2ccncc2Cl)CC1. The number of carbonyl (C=O) groups is 1. The quantitative estimate of drug-likeness (QED) is 0.806. The van der Waals surface area contributed by atoms with E-state index in [1.54, 1.807) is 31.7 Å². The third-order valence-corrected chi connectivity index (χ3v) is 5.19. The molecule has 3 rings (SSSR count). The van der Waals surface area contributed by atoms with Crippen molar-refractivity contribution in [3.8, 4) is 0 Å². The van der Waals surface area contributed by atoms with Crippen LogP contribution in [-0.2, 0) is 17.9 Å². The summed E-state index contributed by atoms with van der Waals surface area (Å²) in [7, 11) is 0. The van der Waals surface area contributed by atoms with Crippen molar-refractivity contribution < 1.29 is 4.79 Å². The largest absolute Gasteiger partial charge is 0.335 e. The van der Waals surface area contributed by atoms with Gasteiger partial charge in [0, 0.05) is 63.0 Å². The van der Waals surface area contributed by atoms with E-state index in [9.17, 15) is 4.79 Å². The second-order valence-corrected chi connectivity index (χ2v) is 7.13. The Bertz CT molecular complexity index is 727. The summed E-state index contributed by atoms with van der Waals surface area (Å²) in [5, 5.41) is 0.711. The van der Waals surface area contributed by atoms with Gasteiger partial charge in [0.15, 0.2) is 0 Å². The van der Waals surface area contributed by atoms with Crippen molar-refractivity contribution in [2.45, 2.75) is 45.3 Å². The summed E-state index contributed by atoms with van der Waals surface area (Å²) < 4.78 is 0. The maximum absolute atomic E-state index is 12.2. The van der Waals surface area contributed by atoms with E-state index in [2.05, 4.69) is 19.9 Å². The van der Waals surface area contributed by atoms with Gasteiger partial charge in [0.25, 0.3) is 0 Å². The first-order chi connectivity index (χ1) is 12.6. The van der Waals surface area contributed by atoms with Crippen LogP contribution < -0.4 is 0 Å². The third-order valence-electron chi connectivity index (χ3n) is 4.85. The Labute approximate surface area is 159 Å². The van der Waals surface area contributed by atoms with Crippen LogP contribution in [0.2, 0.25) is 5.02 Å². The predicted molar refractivity (Wildman–Crippen MR) is 100 cm³/mol. The first-order valence-electron chi connectivity index (χ1n) is 8.95. The molecular formula is C19H24ClN5O. The van der Waals surface area contributed by atoms with Gasteiger partial charge in [-0.15, -0.1) is 0 Å². The second-order valence-electron chi connectivity index (χ2n) is 6.72. The van der Waals surface area contributed by atoms with Crippen LogP contribution in [0.1, 0.15) is 37.3 Å². The van der Waals surface area contributed by atoms with Crippen molar-refractivity contribution in [1.82, 2.24) is 24.8 Å². The molecule has 3 heterocycles. The molecular weight excluding hydrogens is 350 g/mol. The lowest BCUT2D eigenvalue weighted by atomic mass is 10.1. The molecule has 0 radical (unpaired) electrons. The van der Waals surface area contributed by atoms with Crippen LogP contribution >= 0.6 is 11.6 Å². The molecule has 7 heteroatoms. The standard InChI is InChI=1S/C19H24ClN5O/c1-15(26)25(12-16-9-22-14-23-10-16)18-3-2-7-24(8-5-18)13-17-4-6-21-11-19(17)20/h4,6,9-11,14,18H,2-3,5,7-8,12-13H2,1H3/t18-/m1/s1. The minimum absolute atomic E-state index is 0.101. The number of likely N-dealkylation sites (tertiary alicyclic amines) is 1. The van der Waals surface area contributed by atoms with Gasteiger partial charge in [-0.25, -0.2) is 9.97 Å². The Kier molecular flexibility index (Phi) is 6.52. The predicted octanol–water partition coefficient (Wildman–Crippen LogP) is 2.93. The van der Waals surface area contributed by atoms with Gasteiger partial charge in [0.05, 0.1) is 5.02 Å². The second kappa shape index (κ2) is 9.05. The van der Waals surface area contributed by atoms with E-state index in [1.165, 1.54) is 6.33 Å². The van der Waals surface area contributed by atoms with Gasteiger partial charge in [-0.05, 0) is 37.4 Å². The Morgan fingerprint density at radius 3 is 2.77 bits per heavy atom. The number of pyridine rings is 1. The lowest BCUT2D eigenvalue weighted by Gasteiger charge is -2.30. The molecule has 138 valence electrons. The number of hydrogen-bond donors (Lipinski definition) is 0. The molecule has 1 aliphatic heterocycles. The van der Waals surface area contributed by atoms with E-state index in [0.29, 0.717) is 11.6 Å². The van der Waals surface area contributed by atoms with Crippen LogP contribution in [0.15, 0.2) is 37.2 Å². The highest BCUT2D eigenvalue weighted by atomic mass is 35.5. The molecule has 26 heavy (non-hydrogen) atoms. The number of hydrogen-bond acceptors (Lipinski definition) is 5. The minimum Gasteiger partial charge on any atom is -0.335 e. The van der Waals surface area contributed by atoms with Crippen LogP contribution in [0.25, 0.3) is 0 Å². The normalized spacial score (nSPS) is 18.3. The summed E-state index contributed by atoms with van der Waals surface area (Å²) >= 11 is 6.24. The molecule has 0 aliphatic carbocycles. The monoisotopic (exact) mass is 373 g/mol. The first kappa shape index (κ1) is 18.7. The lowest BCUT2D eigenvalue weighted by molar-refractivity contribution is -0.132. The molecule has 0 unspecified atom stereocenters. The van der Waals surface area contributed by atoms with Crippen molar-refractivity contribution in [1.29, 1.82) is 0 Å². The van der Waals surface area contributed by atoms with Crippen LogP contribution in [0, 0.1) is 0 Å². The maximum atomic E-state index is 12.2. The molecule has 1 amide bonds. The highest BCUT2D eigenvalue weighted by molar-refractivity contribution is 6.31. The van der Waals surface area contributed by atoms with Gasteiger partial charge in [-0.3, -0.25) is 14.7 Å². The molecule has 2 aromatic rings. The maximum Gasteiger partial charge on any atom is 0.219 e. The van der Waals surface area contributed by atoms with Crippen LogP contribution in [0.3, 0.4) is 0 Å². The zero-order valence-electron chi connectivity index (χ0n) is 15.0. The minimum atomic E-state index is 0.101. The Morgan fingerprint density at radius 1 is 1.23 bits per heavy atom. The van der Waals surface area contributed by atoms with E-state index in [1.807, 2.05) is 11.0 Å². The molecule has 2 aromatic heterocycles. The number of carbonyl (C=O) groups excluding carboxylic acids is 1. The summed E-state index contributed by atoms with van der Waals surface area (Å²) in [6, 6.07) is 2.22. The highest BCUT2D eigenvalue weighted by Gasteiger charge is 2.25. The summed E-state index contributed by atoms with van der Waals surface area (Å²) in [5.41, 5.74) is 2.07. The molecule has 1 saturated heterocycles. The molecule has 0 bridgehead atoms. The van der Waals surface area contributed by atoms with Crippen LogP contribution in [-0.4, -0.2) is 49.8 Å². The van der Waals surface area contributed by atoms with E-state index < -0.39 is 0 Å². The van der Waals surface area contributed by atoms with E-state index in [4.69, 9.17) is 11.6 Å². The highest BCUT2D eigenvalue weighted by Crippen LogP contribution is 2.22. The molecule has 1 fully saturated rings. The average Bonchev–Trinajstić information content (AvgIpc) is 2.88. The molecule has 0 N–H and O–H groups in total. The number of halogens is 1. The number of aromatic nitrogens is 3. The summed E-state index contributed by atoms with van der Waals surface area (Å²) in [4.78, 5) is 28.7. The molecule has 0 spiro atoms. The zero-order chi connectivity index (χ0) is 18.4. The van der Waals surface area contributed by atoms with Gasteiger partial charge >= 0.3 is 0 Å². The fourth-order valence-electron chi connectivity index (χ4n) is 3.49. The summed E-state index contributed by atoms with van der Waals surface area (Å²) in [5.74, 6) is 0.101. The van der Waals surface area contributed by atoms with Gasteiger partial charge in [0.1, 0.15) is 6.33 Å². The fraction of sp³-hybridized carbons (Fsp3) is 0.474. The molecule has 1 aliphatic rings. The van der Waals surface area contributed by atoms with Crippen molar-refractivity contribution >= 4 is 17.5 Å². The van der Waals surface area contributed by atoms with Crippen molar-refractivity contribution in [2.24, 2.45) is 0 Å². The topological polar surface area (TPSA) is 62.2 Å². The van der Waals surface area contributed by atoms with Crippen LogP contribution in [0.5, 0.6) is 0 Å². The number of rotatable bonds is 5.